The Kier molecular flexibility index (Phi) is 5.78. The van der Waals surface area contributed by atoms with Crippen LogP contribution in [0.5, 0.6) is 11.5 Å². The normalized spacial score (nSPS) is 16.2. The van der Waals surface area contributed by atoms with E-state index in [0.29, 0.717) is 44.2 Å². The molecule has 0 spiro atoms. The van der Waals surface area contributed by atoms with Gasteiger partial charge in [-0.25, -0.2) is 8.42 Å². The molecule has 0 amide bonds. The maximum absolute atomic E-state index is 12.8. The molecule has 8 nitrogen and oxygen atoms in total. The van der Waals surface area contributed by atoms with Crippen LogP contribution in [0, 0.1) is 6.92 Å². The number of rotatable bonds is 5. The first-order chi connectivity index (χ1) is 13.2. The molecule has 152 valence electrons. The predicted octanol–water partition coefficient (Wildman–Crippen LogP) is 0.914. The molecule has 0 unspecified atom stereocenters. The second-order valence-electron chi connectivity index (χ2n) is 6.86. The second-order valence-corrected chi connectivity index (χ2v) is 8.80. The second kappa shape index (κ2) is 7.94. The van der Waals surface area contributed by atoms with Crippen LogP contribution >= 0.6 is 0 Å². The van der Waals surface area contributed by atoms with E-state index >= 15 is 0 Å². The van der Waals surface area contributed by atoms with Crippen LogP contribution in [-0.4, -0.2) is 60.6 Å². The molecule has 2 aromatic rings. The molecule has 0 atom stereocenters. The van der Waals surface area contributed by atoms with Crippen LogP contribution in [0.3, 0.4) is 0 Å². The number of methoxy groups -OCH3 is 1. The van der Waals surface area contributed by atoms with Crippen molar-refractivity contribution >= 4 is 10.0 Å². The minimum absolute atomic E-state index is 0.237. The van der Waals surface area contributed by atoms with Gasteiger partial charge in [-0.3, -0.25) is 9.69 Å². The first kappa shape index (κ1) is 20.4. The number of aryl methyl sites for hydroxylation is 1. The Morgan fingerprint density at radius 3 is 2.29 bits per heavy atom. The van der Waals surface area contributed by atoms with Crippen LogP contribution in [0.4, 0.5) is 0 Å². The van der Waals surface area contributed by atoms with Crippen LogP contribution in [0.2, 0.25) is 0 Å². The standard InChI is InChI=1S/C19H25N3O5S/c1-14-12-18(23)19(24)17(20(14)2)13-21-8-10-22(11-9-21)28(25,26)16-6-4-15(27-3)5-7-16/h4-7,12,24H,8-11,13H2,1-3H3. The van der Waals surface area contributed by atoms with Gasteiger partial charge in [0.2, 0.25) is 15.5 Å². The fraction of sp³-hybridized carbons (Fsp3) is 0.421. The van der Waals surface area contributed by atoms with Crippen LogP contribution in [0.15, 0.2) is 40.0 Å². The van der Waals surface area contributed by atoms with Crippen molar-refractivity contribution in [2.24, 2.45) is 7.05 Å². The number of hydrogen-bond acceptors (Lipinski definition) is 6. The zero-order valence-electron chi connectivity index (χ0n) is 16.3. The van der Waals surface area contributed by atoms with Gasteiger partial charge in [0, 0.05) is 51.5 Å². The van der Waals surface area contributed by atoms with E-state index in [4.69, 9.17) is 4.74 Å². The number of aromatic nitrogens is 1. The molecule has 3 rings (SSSR count). The van der Waals surface area contributed by atoms with E-state index in [-0.39, 0.29) is 10.6 Å². The molecule has 1 N–H and O–H groups in total. The Balaban J connectivity index is 1.70. The van der Waals surface area contributed by atoms with Gasteiger partial charge in [-0.1, -0.05) is 0 Å². The van der Waals surface area contributed by atoms with Crippen molar-refractivity contribution in [3.8, 4) is 11.5 Å². The molecule has 1 saturated heterocycles. The van der Waals surface area contributed by atoms with Crippen molar-refractivity contribution in [3.05, 3.63) is 51.9 Å². The summed E-state index contributed by atoms with van der Waals surface area (Å²) in [5.41, 5.74) is 0.904. The van der Waals surface area contributed by atoms with Crippen LogP contribution in [0.1, 0.15) is 11.4 Å². The van der Waals surface area contributed by atoms with E-state index in [1.807, 2.05) is 11.8 Å². The molecule has 1 fully saturated rings. The topological polar surface area (TPSA) is 92.1 Å². The van der Waals surface area contributed by atoms with Crippen molar-refractivity contribution in [1.29, 1.82) is 0 Å². The van der Waals surface area contributed by atoms with Crippen LogP contribution < -0.4 is 10.2 Å². The van der Waals surface area contributed by atoms with Crippen molar-refractivity contribution in [2.45, 2.75) is 18.4 Å². The molecule has 0 saturated carbocycles. The summed E-state index contributed by atoms with van der Waals surface area (Å²) < 4.78 is 34.0. The highest BCUT2D eigenvalue weighted by molar-refractivity contribution is 7.89. The van der Waals surface area contributed by atoms with Gasteiger partial charge < -0.3 is 14.4 Å². The third-order valence-electron chi connectivity index (χ3n) is 5.18. The first-order valence-electron chi connectivity index (χ1n) is 8.99. The van der Waals surface area contributed by atoms with E-state index in [1.54, 1.807) is 35.9 Å². The summed E-state index contributed by atoms with van der Waals surface area (Å²) in [7, 11) is -0.234. The summed E-state index contributed by atoms with van der Waals surface area (Å²) in [4.78, 5) is 14.1. The number of hydrogen-bond donors (Lipinski definition) is 1. The van der Waals surface area contributed by atoms with Crippen LogP contribution in [0.25, 0.3) is 0 Å². The third kappa shape index (κ3) is 3.91. The summed E-state index contributed by atoms with van der Waals surface area (Å²) in [6.45, 7) is 3.90. The van der Waals surface area contributed by atoms with E-state index < -0.39 is 15.5 Å². The lowest BCUT2D eigenvalue weighted by molar-refractivity contribution is 0.176. The highest BCUT2D eigenvalue weighted by atomic mass is 32.2. The molecular formula is C19H25N3O5S. The zero-order valence-corrected chi connectivity index (χ0v) is 17.1. The number of ether oxygens (including phenoxy) is 1. The Morgan fingerprint density at radius 1 is 1.11 bits per heavy atom. The average Bonchev–Trinajstić information content (AvgIpc) is 2.70. The molecule has 9 heteroatoms. The quantitative estimate of drug-likeness (QED) is 0.792. The minimum atomic E-state index is -3.57. The smallest absolute Gasteiger partial charge is 0.243 e. The first-order valence-corrected chi connectivity index (χ1v) is 10.4. The van der Waals surface area contributed by atoms with Gasteiger partial charge in [-0.05, 0) is 31.2 Å². The molecule has 0 bridgehead atoms. The monoisotopic (exact) mass is 407 g/mol. The van der Waals surface area contributed by atoms with Crippen LogP contribution in [-0.2, 0) is 23.6 Å². The summed E-state index contributed by atoms with van der Waals surface area (Å²) in [6, 6.07) is 7.74. The van der Waals surface area contributed by atoms with E-state index in [9.17, 15) is 18.3 Å². The average molecular weight is 407 g/mol. The van der Waals surface area contributed by atoms with Gasteiger partial charge >= 0.3 is 0 Å². The molecule has 1 aromatic carbocycles. The lowest BCUT2D eigenvalue weighted by Crippen LogP contribution is -2.48. The minimum Gasteiger partial charge on any atom is -0.503 e. The molecule has 28 heavy (non-hydrogen) atoms. The lowest BCUT2D eigenvalue weighted by Gasteiger charge is -2.34. The van der Waals surface area contributed by atoms with Gasteiger partial charge in [-0.2, -0.15) is 4.31 Å². The Labute approximate surface area is 164 Å². The maximum Gasteiger partial charge on any atom is 0.243 e. The van der Waals surface area contributed by atoms with Crippen molar-refractivity contribution in [1.82, 2.24) is 13.8 Å². The van der Waals surface area contributed by atoms with E-state index in [1.165, 1.54) is 17.5 Å². The number of aromatic hydroxyl groups is 1. The van der Waals surface area contributed by atoms with E-state index in [0.717, 1.165) is 5.69 Å². The van der Waals surface area contributed by atoms with E-state index in [2.05, 4.69) is 0 Å². The number of piperazine rings is 1. The number of sulfonamides is 1. The number of benzene rings is 1. The summed E-state index contributed by atoms with van der Waals surface area (Å²) in [5, 5.41) is 10.1. The van der Waals surface area contributed by atoms with Gasteiger partial charge in [0.15, 0.2) is 5.75 Å². The lowest BCUT2D eigenvalue weighted by atomic mass is 10.2. The van der Waals surface area contributed by atoms with Crippen molar-refractivity contribution in [2.75, 3.05) is 33.3 Å². The fourth-order valence-corrected chi connectivity index (χ4v) is 4.71. The Hall–Kier alpha value is -2.36. The van der Waals surface area contributed by atoms with Crippen molar-refractivity contribution < 1.29 is 18.3 Å². The Morgan fingerprint density at radius 2 is 1.71 bits per heavy atom. The summed E-state index contributed by atoms with van der Waals surface area (Å²) in [5.74, 6) is 0.355. The molecule has 1 aromatic heterocycles. The molecule has 0 radical (unpaired) electrons. The largest absolute Gasteiger partial charge is 0.503 e. The third-order valence-corrected chi connectivity index (χ3v) is 7.10. The van der Waals surface area contributed by atoms with Gasteiger partial charge in [0.05, 0.1) is 17.7 Å². The summed E-state index contributed by atoms with van der Waals surface area (Å²) in [6.07, 6.45) is 0. The predicted molar refractivity (Wildman–Crippen MR) is 105 cm³/mol. The molecule has 2 heterocycles. The van der Waals surface area contributed by atoms with Gasteiger partial charge in [-0.15, -0.1) is 0 Å². The Bertz CT molecular complexity index is 1010. The van der Waals surface area contributed by atoms with Gasteiger partial charge in [0.25, 0.3) is 0 Å². The number of pyridine rings is 1. The van der Waals surface area contributed by atoms with Crippen molar-refractivity contribution in [3.63, 3.8) is 0 Å². The zero-order chi connectivity index (χ0) is 20.5. The fourth-order valence-electron chi connectivity index (χ4n) is 3.29. The number of nitrogens with zero attached hydrogens (tertiary/aromatic N) is 3. The summed E-state index contributed by atoms with van der Waals surface area (Å²) >= 11 is 0. The van der Waals surface area contributed by atoms with Gasteiger partial charge in [0.1, 0.15) is 5.75 Å². The molecular weight excluding hydrogens is 382 g/mol. The molecule has 1 aliphatic rings. The highest BCUT2D eigenvalue weighted by Crippen LogP contribution is 2.22. The SMILES string of the molecule is COc1ccc(S(=O)(=O)N2CCN(Cc3c(O)c(=O)cc(C)n3C)CC2)cc1. The molecule has 0 aliphatic carbocycles. The highest BCUT2D eigenvalue weighted by Gasteiger charge is 2.29. The molecule has 1 aliphatic heterocycles. The maximum atomic E-state index is 12.8.